The van der Waals surface area contributed by atoms with Gasteiger partial charge in [-0.25, -0.2) is 10.2 Å². The van der Waals surface area contributed by atoms with E-state index >= 15 is 0 Å². The van der Waals surface area contributed by atoms with E-state index in [1.54, 1.807) is 60.7 Å². The van der Waals surface area contributed by atoms with E-state index in [0.717, 1.165) is 4.47 Å². The van der Waals surface area contributed by atoms with Crippen LogP contribution in [0.1, 0.15) is 15.9 Å². The highest BCUT2D eigenvalue weighted by atomic mass is 79.9. The second-order valence-electron chi connectivity index (χ2n) is 6.54. The number of carbonyl (C=O) groups is 2. The normalized spacial score (nSPS) is 10.5. The molecule has 1 amide bonds. The highest BCUT2D eigenvalue weighted by Crippen LogP contribution is 2.29. The summed E-state index contributed by atoms with van der Waals surface area (Å²) in [5.41, 5.74) is 3.41. The summed E-state index contributed by atoms with van der Waals surface area (Å²) in [6.07, 6.45) is 1.43. The lowest BCUT2D eigenvalue weighted by atomic mass is 10.2. The van der Waals surface area contributed by atoms with Crippen molar-refractivity contribution in [3.8, 4) is 23.0 Å². The predicted octanol–water partition coefficient (Wildman–Crippen LogP) is 4.21. The minimum absolute atomic E-state index is 0.231. The quantitative estimate of drug-likeness (QED) is 0.199. The Kier molecular flexibility index (Phi) is 8.43. The summed E-state index contributed by atoms with van der Waals surface area (Å²) in [7, 11) is 2.98. The number of hydrazone groups is 1. The maximum atomic E-state index is 12.4. The van der Waals surface area contributed by atoms with Crippen molar-refractivity contribution in [2.24, 2.45) is 5.10 Å². The molecule has 0 bridgehead atoms. The first-order valence-electron chi connectivity index (χ1n) is 9.73. The lowest BCUT2D eigenvalue weighted by Gasteiger charge is -2.10. The number of para-hydroxylation sites is 2. The number of ether oxygens (including phenoxy) is 4. The molecule has 0 unspecified atom stereocenters. The molecule has 0 radical (unpaired) electrons. The minimum Gasteiger partial charge on any atom is -0.493 e. The van der Waals surface area contributed by atoms with Crippen LogP contribution < -0.4 is 24.4 Å². The zero-order valence-electron chi connectivity index (χ0n) is 17.9. The van der Waals surface area contributed by atoms with Crippen molar-refractivity contribution >= 4 is 34.0 Å². The van der Waals surface area contributed by atoms with Crippen LogP contribution in [-0.2, 0) is 4.79 Å². The molecule has 0 heterocycles. The number of hydrogen-bond donors (Lipinski definition) is 1. The van der Waals surface area contributed by atoms with E-state index in [9.17, 15) is 9.59 Å². The summed E-state index contributed by atoms with van der Waals surface area (Å²) in [5.74, 6) is 0.627. The Morgan fingerprint density at radius 2 is 1.67 bits per heavy atom. The smallest absolute Gasteiger partial charge is 0.343 e. The molecule has 0 fully saturated rings. The van der Waals surface area contributed by atoms with Crippen LogP contribution in [-0.4, -0.2) is 38.9 Å². The Bertz CT molecular complexity index is 1170. The Labute approximate surface area is 199 Å². The highest BCUT2D eigenvalue weighted by molar-refractivity contribution is 9.10. The van der Waals surface area contributed by atoms with Gasteiger partial charge < -0.3 is 18.9 Å². The molecule has 8 nitrogen and oxygen atoms in total. The van der Waals surface area contributed by atoms with Gasteiger partial charge in [-0.2, -0.15) is 5.10 Å². The average molecular weight is 513 g/mol. The number of halogens is 1. The van der Waals surface area contributed by atoms with Crippen LogP contribution in [0, 0.1) is 0 Å². The van der Waals surface area contributed by atoms with E-state index in [2.05, 4.69) is 26.5 Å². The zero-order valence-corrected chi connectivity index (χ0v) is 19.5. The number of hydrogen-bond acceptors (Lipinski definition) is 7. The number of rotatable bonds is 9. The van der Waals surface area contributed by atoms with Gasteiger partial charge in [-0.3, -0.25) is 4.79 Å². The number of methoxy groups -OCH3 is 2. The van der Waals surface area contributed by atoms with Gasteiger partial charge in [0, 0.05) is 4.47 Å². The third-order valence-electron chi connectivity index (χ3n) is 4.28. The predicted molar refractivity (Wildman–Crippen MR) is 126 cm³/mol. The van der Waals surface area contributed by atoms with E-state index in [0.29, 0.717) is 28.4 Å². The number of benzene rings is 3. The minimum atomic E-state index is -0.515. The van der Waals surface area contributed by atoms with Crippen LogP contribution in [0.25, 0.3) is 0 Å². The number of nitrogens with one attached hydrogen (secondary N) is 1. The van der Waals surface area contributed by atoms with Crippen LogP contribution in [0.15, 0.2) is 76.3 Å². The van der Waals surface area contributed by atoms with Gasteiger partial charge in [-0.1, -0.05) is 34.1 Å². The first-order chi connectivity index (χ1) is 16.0. The maximum Gasteiger partial charge on any atom is 0.343 e. The average Bonchev–Trinajstić information content (AvgIpc) is 2.83. The fourth-order valence-electron chi connectivity index (χ4n) is 2.72. The Morgan fingerprint density at radius 1 is 0.909 bits per heavy atom. The van der Waals surface area contributed by atoms with E-state index in [1.165, 1.54) is 20.4 Å². The molecule has 0 saturated heterocycles. The second-order valence-corrected chi connectivity index (χ2v) is 7.46. The molecule has 0 aliphatic carbocycles. The first-order valence-corrected chi connectivity index (χ1v) is 10.5. The van der Waals surface area contributed by atoms with Crippen LogP contribution in [0.2, 0.25) is 0 Å². The summed E-state index contributed by atoms with van der Waals surface area (Å²) in [5, 5.41) is 3.92. The summed E-state index contributed by atoms with van der Waals surface area (Å²) in [6.45, 7) is -0.231. The lowest BCUT2D eigenvalue weighted by Crippen LogP contribution is -2.24. The molecule has 3 rings (SSSR count). The van der Waals surface area contributed by atoms with Crippen LogP contribution >= 0.6 is 15.9 Å². The zero-order chi connectivity index (χ0) is 23.6. The molecule has 0 aliphatic heterocycles. The molecule has 1 N–H and O–H groups in total. The van der Waals surface area contributed by atoms with Crippen molar-refractivity contribution in [3.05, 3.63) is 82.3 Å². The number of carbonyl (C=O) groups excluding carboxylic acids is 2. The largest absolute Gasteiger partial charge is 0.493 e. The van der Waals surface area contributed by atoms with E-state index < -0.39 is 11.9 Å². The van der Waals surface area contributed by atoms with Crippen molar-refractivity contribution in [1.29, 1.82) is 0 Å². The van der Waals surface area contributed by atoms with Crippen molar-refractivity contribution in [2.75, 3.05) is 20.8 Å². The first kappa shape index (κ1) is 23.8. The monoisotopic (exact) mass is 512 g/mol. The Balaban J connectivity index is 1.57. The fourth-order valence-corrected chi connectivity index (χ4v) is 3.11. The Hall–Kier alpha value is -3.85. The second kappa shape index (κ2) is 11.7. The number of nitrogens with zero attached hydrogens (tertiary/aromatic N) is 1. The van der Waals surface area contributed by atoms with Crippen molar-refractivity contribution in [2.45, 2.75) is 0 Å². The van der Waals surface area contributed by atoms with Crippen molar-refractivity contribution in [3.63, 3.8) is 0 Å². The standard InChI is InChI=1S/C24H21BrN2O6/c1-30-19-8-3-4-9-20(19)32-15-23(28)27-26-14-16-10-11-21(22(12-16)31-2)33-24(29)17-6-5-7-18(25)13-17/h3-14H,15H2,1-2H3,(H,27,28). The van der Waals surface area contributed by atoms with Crippen LogP contribution in [0.5, 0.6) is 23.0 Å². The fraction of sp³-hybridized carbons (Fsp3) is 0.125. The molecular formula is C24H21BrN2O6. The van der Waals surface area contributed by atoms with Crippen molar-refractivity contribution in [1.82, 2.24) is 5.43 Å². The molecular weight excluding hydrogens is 492 g/mol. The van der Waals surface area contributed by atoms with Gasteiger partial charge in [-0.05, 0) is 54.1 Å². The molecule has 0 aliphatic rings. The molecule has 9 heteroatoms. The maximum absolute atomic E-state index is 12.4. The number of esters is 1. The van der Waals surface area contributed by atoms with Crippen LogP contribution in [0.4, 0.5) is 0 Å². The van der Waals surface area contributed by atoms with Crippen molar-refractivity contribution < 1.29 is 28.5 Å². The summed E-state index contributed by atoms with van der Waals surface area (Å²) < 4.78 is 22.1. The van der Waals surface area contributed by atoms with Crippen LogP contribution in [0.3, 0.4) is 0 Å². The lowest BCUT2D eigenvalue weighted by molar-refractivity contribution is -0.123. The van der Waals surface area contributed by atoms with Gasteiger partial charge in [0.15, 0.2) is 29.6 Å². The molecule has 170 valence electrons. The summed E-state index contributed by atoms with van der Waals surface area (Å²) in [4.78, 5) is 24.4. The molecule has 0 spiro atoms. The molecule has 0 atom stereocenters. The molecule has 0 saturated carbocycles. The van der Waals surface area contributed by atoms with E-state index in [1.807, 2.05) is 6.07 Å². The van der Waals surface area contributed by atoms with E-state index in [4.69, 9.17) is 18.9 Å². The summed E-state index contributed by atoms with van der Waals surface area (Å²) in [6, 6.07) is 18.8. The van der Waals surface area contributed by atoms with Gasteiger partial charge in [0.25, 0.3) is 5.91 Å². The van der Waals surface area contributed by atoms with E-state index in [-0.39, 0.29) is 12.4 Å². The molecule has 0 aromatic heterocycles. The third-order valence-corrected chi connectivity index (χ3v) is 4.77. The Morgan fingerprint density at radius 3 is 2.39 bits per heavy atom. The van der Waals surface area contributed by atoms with Gasteiger partial charge in [0.2, 0.25) is 0 Å². The SMILES string of the molecule is COc1ccccc1OCC(=O)NN=Cc1ccc(OC(=O)c2cccc(Br)c2)c(OC)c1. The van der Waals surface area contributed by atoms with Gasteiger partial charge in [-0.15, -0.1) is 0 Å². The number of amides is 1. The van der Waals surface area contributed by atoms with Gasteiger partial charge in [0.1, 0.15) is 0 Å². The highest BCUT2D eigenvalue weighted by Gasteiger charge is 2.13. The third kappa shape index (κ3) is 6.81. The van der Waals surface area contributed by atoms with Gasteiger partial charge >= 0.3 is 5.97 Å². The molecule has 33 heavy (non-hydrogen) atoms. The van der Waals surface area contributed by atoms with Gasteiger partial charge in [0.05, 0.1) is 26.0 Å². The molecule has 3 aromatic rings. The molecule has 3 aromatic carbocycles. The summed E-state index contributed by atoms with van der Waals surface area (Å²) >= 11 is 3.33. The topological polar surface area (TPSA) is 95.5 Å².